The summed E-state index contributed by atoms with van der Waals surface area (Å²) in [7, 11) is 0. The van der Waals surface area contributed by atoms with Gasteiger partial charge >= 0.3 is 0 Å². The highest BCUT2D eigenvalue weighted by Gasteiger charge is 2.23. The van der Waals surface area contributed by atoms with Gasteiger partial charge in [-0.2, -0.15) is 0 Å². The Bertz CT molecular complexity index is 679. The summed E-state index contributed by atoms with van der Waals surface area (Å²) in [5, 5.41) is 3.06. The summed E-state index contributed by atoms with van der Waals surface area (Å²) >= 11 is 0. The van der Waals surface area contributed by atoms with Gasteiger partial charge in [-0.05, 0) is 44.4 Å². The van der Waals surface area contributed by atoms with Gasteiger partial charge in [-0.3, -0.25) is 10.1 Å². The number of carbonyl (C=O) groups is 1. The first-order valence-electron chi connectivity index (χ1n) is 9.26. The fourth-order valence-electron chi connectivity index (χ4n) is 3.64. The number of nitrogens with one attached hydrogen (secondary N) is 1. The quantitative estimate of drug-likeness (QED) is 0.681. The van der Waals surface area contributed by atoms with Crippen molar-refractivity contribution in [2.24, 2.45) is 5.73 Å². The maximum absolute atomic E-state index is 12.3. The van der Waals surface area contributed by atoms with E-state index in [9.17, 15) is 4.79 Å². The van der Waals surface area contributed by atoms with Gasteiger partial charge in [-0.25, -0.2) is 4.98 Å². The third-order valence-electron chi connectivity index (χ3n) is 4.89. The summed E-state index contributed by atoms with van der Waals surface area (Å²) in [5.41, 5.74) is 7.58. The smallest absolute Gasteiger partial charge is 0.226 e. The minimum atomic E-state index is 0. The molecule has 6 heteroatoms. The Labute approximate surface area is 155 Å². The van der Waals surface area contributed by atoms with E-state index in [0.717, 1.165) is 49.2 Å². The fourth-order valence-corrected chi connectivity index (χ4v) is 3.64. The molecule has 1 amide bonds. The number of nitrogens with two attached hydrogens (primary N) is 1. The highest BCUT2D eigenvalue weighted by Crippen LogP contribution is 2.35. The van der Waals surface area contributed by atoms with E-state index in [1.807, 2.05) is 18.2 Å². The van der Waals surface area contributed by atoms with Crippen molar-refractivity contribution >= 4 is 35.3 Å². The van der Waals surface area contributed by atoms with E-state index in [1.165, 1.54) is 25.7 Å². The van der Waals surface area contributed by atoms with Crippen LogP contribution < -0.4 is 11.1 Å². The summed E-state index contributed by atoms with van der Waals surface area (Å²) in [5.74, 6) is 0.785. The van der Waals surface area contributed by atoms with Gasteiger partial charge in [0, 0.05) is 12.5 Å². The molecule has 2 aromatic rings. The molecular weight excluding hydrogens is 336 g/mol. The number of benzene rings is 1. The maximum Gasteiger partial charge on any atom is 0.226 e. The number of unbranched alkanes of at least 4 members (excludes halogenated alkanes) is 3. The molecule has 3 rings (SSSR count). The summed E-state index contributed by atoms with van der Waals surface area (Å²) in [6, 6.07) is 8.61. The van der Waals surface area contributed by atoms with Crippen LogP contribution in [0.5, 0.6) is 0 Å². The number of anilines is 1. The lowest BCUT2D eigenvalue weighted by Gasteiger charge is -2.16. The van der Waals surface area contributed by atoms with E-state index in [0.29, 0.717) is 12.5 Å². The molecule has 1 aromatic carbocycles. The lowest BCUT2D eigenvalue weighted by Crippen LogP contribution is -2.17. The van der Waals surface area contributed by atoms with E-state index in [-0.39, 0.29) is 18.3 Å². The number of hydrogen-bond donors (Lipinski definition) is 2. The number of aromatic nitrogens is 2. The molecule has 3 N–H and O–H groups in total. The van der Waals surface area contributed by atoms with Gasteiger partial charge in [-0.15, -0.1) is 12.4 Å². The van der Waals surface area contributed by atoms with Crippen molar-refractivity contribution < 1.29 is 4.79 Å². The van der Waals surface area contributed by atoms with E-state index in [2.05, 4.69) is 20.9 Å². The van der Waals surface area contributed by atoms with E-state index in [1.54, 1.807) is 0 Å². The Morgan fingerprint density at radius 2 is 1.88 bits per heavy atom. The van der Waals surface area contributed by atoms with E-state index >= 15 is 0 Å². The van der Waals surface area contributed by atoms with Crippen LogP contribution in [0.25, 0.3) is 11.0 Å². The number of imidazole rings is 1. The van der Waals surface area contributed by atoms with E-state index < -0.39 is 0 Å². The first-order chi connectivity index (χ1) is 11.8. The molecule has 1 fully saturated rings. The predicted octanol–water partition coefficient (Wildman–Crippen LogP) is 4.42. The van der Waals surface area contributed by atoms with Gasteiger partial charge < -0.3 is 10.3 Å². The molecule has 0 atom stereocenters. The van der Waals surface area contributed by atoms with Crippen molar-refractivity contribution in [3.8, 4) is 0 Å². The van der Waals surface area contributed by atoms with Gasteiger partial charge in [0.05, 0.1) is 11.0 Å². The Hall–Kier alpha value is -1.59. The van der Waals surface area contributed by atoms with Crippen LogP contribution >= 0.6 is 12.4 Å². The highest BCUT2D eigenvalue weighted by atomic mass is 35.5. The molecule has 0 saturated heterocycles. The third-order valence-corrected chi connectivity index (χ3v) is 4.89. The Kier molecular flexibility index (Phi) is 7.72. The van der Waals surface area contributed by atoms with Crippen LogP contribution in [-0.4, -0.2) is 22.0 Å². The van der Waals surface area contributed by atoms with Gasteiger partial charge in [-0.1, -0.05) is 37.8 Å². The topological polar surface area (TPSA) is 72.9 Å². The minimum Gasteiger partial charge on any atom is -0.330 e. The molecule has 138 valence electrons. The second-order valence-electron chi connectivity index (χ2n) is 6.73. The first kappa shape index (κ1) is 19.7. The number of nitrogens with zero attached hydrogens (tertiary/aromatic N) is 2. The summed E-state index contributed by atoms with van der Waals surface area (Å²) in [4.78, 5) is 17.0. The Morgan fingerprint density at radius 3 is 2.64 bits per heavy atom. The number of fused-ring (bicyclic) bond motifs is 1. The van der Waals surface area contributed by atoms with Crippen LogP contribution in [0.3, 0.4) is 0 Å². The van der Waals surface area contributed by atoms with Crippen LogP contribution in [0.15, 0.2) is 24.3 Å². The second-order valence-corrected chi connectivity index (χ2v) is 6.73. The summed E-state index contributed by atoms with van der Waals surface area (Å²) in [6.45, 7) is 0.734. The Balaban J connectivity index is 0.00000225. The minimum absolute atomic E-state index is 0. The lowest BCUT2D eigenvalue weighted by molar-refractivity contribution is -0.116. The summed E-state index contributed by atoms with van der Waals surface area (Å²) < 4.78 is 2.24. The van der Waals surface area contributed by atoms with Crippen LogP contribution in [0.4, 0.5) is 5.95 Å². The molecular formula is C19H29ClN4O. The first-order valence-corrected chi connectivity index (χ1v) is 9.26. The normalized spacial score (nSPS) is 14.6. The van der Waals surface area contributed by atoms with Crippen molar-refractivity contribution in [3.63, 3.8) is 0 Å². The van der Waals surface area contributed by atoms with Gasteiger partial charge in [0.2, 0.25) is 11.9 Å². The van der Waals surface area contributed by atoms with Crippen molar-refractivity contribution in [3.05, 3.63) is 24.3 Å². The molecule has 1 aromatic heterocycles. The van der Waals surface area contributed by atoms with E-state index in [4.69, 9.17) is 5.73 Å². The summed E-state index contributed by atoms with van der Waals surface area (Å²) in [6.07, 6.45) is 9.52. The zero-order valence-electron chi connectivity index (χ0n) is 14.7. The number of amides is 1. The second kappa shape index (κ2) is 9.78. The average Bonchev–Trinajstić information content (AvgIpc) is 3.21. The molecule has 0 radical (unpaired) electrons. The lowest BCUT2D eigenvalue weighted by atomic mass is 10.1. The zero-order valence-corrected chi connectivity index (χ0v) is 15.6. The third kappa shape index (κ3) is 4.95. The standard InChI is InChI=1S/C19H28N4O.ClH/c20-14-8-2-1-3-13-18(24)22-19-21-16-11-6-7-12-17(16)23(19)15-9-4-5-10-15;/h6-7,11-12,15H,1-5,8-10,13-14,20H2,(H,21,22,24);1H. The van der Waals surface area contributed by atoms with Gasteiger partial charge in [0.1, 0.15) is 0 Å². The monoisotopic (exact) mass is 364 g/mol. The molecule has 0 spiro atoms. The number of rotatable bonds is 8. The van der Waals surface area contributed by atoms with Crippen LogP contribution in [0.2, 0.25) is 0 Å². The number of hydrogen-bond acceptors (Lipinski definition) is 3. The number of halogens is 1. The highest BCUT2D eigenvalue weighted by molar-refractivity contribution is 5.91. The Morgan fingerprint density at radius 1 is 1.16 bits per heavy atom. The SMILES string of the molecule is Cl.NCCCCCCC(=O)Nc1nc2ccccc2n1C1CCCC1. The van der Waals surface area contributed by atoms with Crippen molar-refractivity contribution in [2.45, 2.75) is 63.8 Å². The van der Waals surface area contributed by atoms with Crippen LogP contribution in [0, 0.1) is 0 Å². The number of para-hydroxylation sites is 2. The number of carbonyl (C=O) groups excluding carboxylic acids is 1. The molecule has 1 aliphatic rings. The van der Waals surface area contributed by atoms with Crippen molar-refractivity contribution in [1.29, 1.82) is 0 Å². The average molecular weight is 365 g/mol. The molecule has 0 unspecified atom stereocenters. The van der Waals surface area contributed by atoms with Crippen molar-refractivity contribution in [1.82, 2.24) is 9.55 Å². The molecule has 25 heavy (non-hydrogen) atoms. The molecule has 1 aliphatic carbocycles. The molecule has 0 aliphatic heterocycles. The molecule has 1 heterocycles. The van der Waals surface area contributed by atoms with Gasteiger partial charge in [0.15, 0.2) is 0 Å². The largest absolute Gasteiger partial charge is 0.330 e. The van der Waals surface area contributed by atoms with Crippen LogP contribution in [0.1, 0.15) is 63.8 Å². The molecule has 5 nitrogen and oxygen atoms in total. The van der Waals surface area contributed by atoms with Gasteiger partial charge in [0.25, 0.3) is 0 Å². The van der Waals surface area contributed by atoms with Crippen LogP contribution in [-0.2, 0) is 4.79 Å². The maximum atomic E-state index is 12.3. The zero-order chi connectivity index (χ0) is 16.8. The fraction of sp³-hybridized carbons (Fsp3) is 0.579. The molecule has 1 saturated carbocycles. The predicted molar refractivity (Wildman–Crippen MR) is 105 cm³/mol. The van der Waals surface area contributed by atoms with Crippen molar-refractivity contribution in [2.75, 3.05) is 11.9 Å². The molecule has 0 bridgehead atoms.